The van der Waals surface area contributed by atoms with Crippen LogP contribution in [0.3, 0.4) is 0 Å². The van der Waals surface area contributed by atoms with Crippen molar-refractivity contribution in [2.75, 3.05) is 0 Å². The highest BCUT2D eigenvalue weighted by atomic mass is 32.1. The first-order chi connectivity index (χ1) is 7.20. The second-order valence-corrected chi connectivity index (χ2v) is 3.50. The number of nitrogens with zero attached hydrogens (tertiary/aromatic N) is 1. The fourth-order valence-electron chi connectivity index (χ4n) is 1.18. The van der Waals surface area contributed by atoms with E-state index in [4.69, 9.17) is 0 Å². The van der Waals surface area contributed by atoms with Crippen LogP contribution < -0.4 is 0 Å². The Labute approximate surface area is 88.3 Å². The third-order valence-corrected chi connectivity index (χ3v) is 2.47. The van der Waals surface area contributed by atoms with E-state index >= 15 is 0 Å². The molecule has 0 atom stereocenters. The van der Waals surface area contributed by atoms with Gasteiger partial charge in [0.15, 0.2) is 0 Å². The molecule has 0 unspecified atom stereocenters. The zero-order valence-corrected chi connectivity index (χ0v) is 8.22. The summed E-state index contributed by atoms with van der Waals surface area (Å²) in [6.45, 7) is 0. The van der Waals surface area contributed by atoms with Crippen molar-refractivity contribution in [2.45, 2.75) is 0 Å². The van der Waals surface area contributed by atoms with Gasteiger partial charge in [-0.05, 0) is 23.7 Å². The molecule has 2 nitrogen and oxygen atoms in total. The maximum atomic E-state index is 13.2. The zero-order chi connectivity index (χ0) is 10.8. The van der Waals surface area contributed by atoms with Gasteiger partial charge in [0.2, 0.25) is 5.78 Å². The maximum absolute atomic E-state index is 13.2. The lowest BCUT2D eigenvalue weighted by Crippen LogP contribution is -2.06. The van der Waals surface area contributed by atoms with E-state index < -0.39 is 23.0 Å². The van der Waals surface area contributed by atoms with E-state index in [1.165, 1.54) is 17.6 Å². The van der Waals surface area contributed by atoms with Crippen molar-refractivity contribution in [3.05, 3.63) is 52.5 Å². The molecular formula is C10H5F2NOS. The van der Waals surface area contributed by atoms with E-state index in [-0.39, 0.29) is 5.56 Å². The van der Waals surface area contributed by atoms with Gasteiger partial charge in [-0.15, -0.1) is 0 Å². The zero-order valence-electron chi connectivity index (χ0n) is 7.41. The molecule has 0 aliphatic heterocycles. The Kier molecular flexibility index (Phi) is 2.55. The van der Waals surface area contributed by atoms with Crippen LogP contribution >= 0.6 is 11.5 Å². The van der Waals surface area contributed by atoms with E-state index in [1.807, 2.05) is 0 Å². The molecule has 2 aromatic rings. The number of aromatic nitrogens is 1. The lowest BCUT2D eigenvalue weighted by molar-refractivity contribution is 0.103. The van der Waals surface area contributed by atoms with E-state index in [2.05, 4.69) is 4.37 Å². The second kappa shape index (κ2) is 3.86. The van der Waals surface area contributed by atoms with Crippen molar-refractivity contribution < 1.29 is 13.6 Å². The van der Waals surface area contributed by atoms with Crippen LogP contribution in [-0.2, 0) is 0 Å². The van der Waals surface area contributed by atoms with E-state index in [1.54, 1.807) is 0 Å². The number of hydrogen-bond acceptors (Lipinski definition) is 3. The molecule has 2 rings (SSSR count). The lowest BCUT2D eigenvalue weighted by atomic mass is 10.1. The summed E-state index contributed by atoms with van der Waals surface area (Å²) < 4.78 is 30.1. The van der Waals surface area contributed by atoms with Gasteiger partial charge in [0.05, 0.1) is 17.3 Å². The van der Waals surface area contributed by atoms with Crippen LogP contribution in [-0.4, -0.2) is 10.2 Å². The van der Waals surface area contributed by atoms with Crippen molar-refractivity contribution in [1.82, 2.24) is 4.37 Å². The van der Waals surface area contributed by atoms with Gasteiger partial charge in [-0.3, -0.25) is 4.79 Å². The first kappa shape index (κ1) is 9.92. The van der Waals surface area contributed by atoms with Crippen molar-refractivity contribution >= 4 is 17.3 Å². The van der Waals surface area contributed by atoms with Gasteiger partial charge in [-0.2, -0.15) is 0 Å². The average Bonchev–Trinajstić information content (AvgIpc) is 2.69. The molecule has 0 aliphatic rings. The summed E-state index contributed by atoms with van der Waals surface area (Å²) >= 11 is 1.06. The Hall–Kier alpha value is -1.62. The van der Waals surface area contributed by atoms with Gasteiger partial charge in [-0.25, -0.2) is 13.2 Å². The molecule has 0 saturated carbocycles. The highest BCUT2D eigenvalue weighted by Gasteiger charge is 2.18. The molecule has 76 valence electrons. The number of ketones is 1. The fourth-order valence-corrected chi connectivity index (χ4v) is 1.69. The first-order valence-corrected chi connectivity index (χ1v) is 4.92. The number of benzene rings is 1. The van der Waals surface area contributed by atoms with E-state index in [0.717, 1.165) is 23.7 Å². The first-order valence-electron chi connectivity index (χ1n) is 4.08. The predicted molar refractivity (Wildman–Crippen MR) is 51.9 cm³/mol. The largest absolute Gasteiger partial charge is 0.288 e. The SMILES string of the molecule is O=C(c1cnsc1)c1c(F)cccc1F. The highest BCUT2D eigenvalue weighted by Crippen LogP contribution is 2.17. The maximum Gasteiger partial charge on any atom is 0.201 e. The van der Waals surface area contributed by atoms with Gasteiger partial charge in [-0.1, -0.05) is 6.07 Å². The topological polar surface area (TPSA) is 30.0 Å². The van der Waals surface area contributed by atoms with Gasteiger partial charge in [0.1, 0.15) is 11.6 Å². The molecule has 15 heavy (non-hydrogen) atoms. The third kappa shape index (κ3) is 1.78. The monoisotopic (exact) mass is 225 g/mol. The Balaban J connectivity index is 2.51. The molecule has 1 aromatic heterocycles. The number of rotatable bonds is 2. The average molecular weight is 225 g/mol. The number of carbonyl (C=O) groups excluding carboxylic acids is 1. The molecule has 0 N–H and O–H groups in total. The van der Waals surface area contributed by atoms with Crippen LogP contribution in [0.5, 0.6) is 0 Å². The van der Waals surface area contributed by atoms with Crippen LogP contribution in [0.4, 0.5) is 8.78 Å². The summed E-state index contributed by atoms with van der Waals surface area (Å²) in [6.07, 6.45) is 1.29. The number of hydrogen-bond donors (Lipinski definition) is 0. The van der Waals surface area contributed by atoms with Crippen LogP contribution in [0.2, 0.25) is 0 Å². The molecule has 1 heterocycles. The van der Waals surface area contributed by atoms with Crippen molar-refractivity contribution in [1.29, 1.82) is 0 Å². The molecule has 0 fully saturated rings. The Morgan fingerprint density at radius 1 is 1.27 bits per heavy atom. The normalized spacial score (nSPS) is 10.3. The molecule has 5 heteroatoms. The molecule has 0 aliphatic carbocycles. The Bertz CT molecular complexity index is 476. The number of carbonyl (C=O) groups is 1. The van der Waals surface area contributed by atoms with Crippen molar-refractivity contribution in [3.63, 3.8) is 0 Å². The molecule has 0 bridgehead atoms. The highest BCUT2D eigenvalue weighted by molar-refractivity contribution is 7.03. The van der Waals surface area contributed by atoms with Gasteiger partial charge in [0.25, 0.3) is 0 Å². The summed E-state index contributed by atoms with van der Waals surface area (Å²) in [5, 5.41) is 1.45. The molecule has 0 radical (unpaired) electrons. The second-order valence-electron chi connectivity index (χ2n) is 2.84. The minimum Gasteiger partial charge on any atom is -0.288 e. The minimum atomic E-state index is -0.855. The molecule has 0 spiro atoms. The van der Waals surface area contributed by atoms with Gasteiger partial charge < -0.3 is 0 Å². The van der Waals surface area contributed by atoms with Gasteiger partial charge >= 0.3 is 0 Å². The summed E-state index contributed by atoms with van der Waals surface area (Å²) in [5.41, 5.74) is -0.332. The minimum absolute atomic E-state index is 0.198. The Morgan fingerprint density at radius 3 is 2.47 bits per heavy atom. The fraction of sp³-hybridized carbons (Fsp3) is 0. The number of halogens is 2. The summed E-state index contributed by atoms with van der Waals surface area (Å²) in [6, 6.07) is 3.32. The van der Waals surface area contributed by atoms with Crippen LogP contribution in [0.15, 0.2) is 29.8 Å². The smallest absolute Gasteiger partial charge is 0.201 e. The van der Waals surface area contributed by atoms with Crippen LogP contribution in [0, 0.1) is 11.6 Å². The molecule has 0 saturated heterocycles. The quantitative estimate of drug-likeness (QED) is 0.735. The predicted octanol–water partition coefficient (Wildman–Crippen LogP) is 2.65. The standard InChI is InChI=1S/C10H5F2NOS/c11-7-2-1-3-8(12)9(7)10(14)6-4-13-15-5-6/h1-5H. The molecular weight excluding hydrogens is 220 g/mol. The molecule has 0 amide bonds. The summed E-state index contributed by atoms with van der Waals surface area (Å²) in [7, 11) is 0. The lowest BCUT2D eigenvalue weighted by Gasteiger charge is -2.01. The van der Waals surface area contributed by atoms with E-state index in [9.17, 15) is 13.6 Å². The summed E-state index contributed by atoms with van der Waals surface area (Å²) in [5.74, 6) is -2.39. The van der Waals surface area contributed by atoms with Crippen molar-refractivity contribution in [3.8, 4) is 0 Å². The summed E-state index contributed by atoms with van der Waals surface area (Å²) in [4.78, 5) is 11.6. The van der Waals surface area contributed by atoms with Crippen LogP contribution in [0.1, 0.15) is 15.9 Å². The third-order valence-electron chi connectivity index (χ3n) is 1.88. The van der Waals surface area contributed by atoms with Crippen LogP contribution in [0.25, 0.3) is 0 Å². The Morgan fingerprint density at radius 2 is 1.93 bits per heavy atom. The van der Waals surface area contributed by atoms with Gasteiger partial charge in [0, 0.05) is 5.38 Å². The van der Waals surface area contributed by atoms with Crippen molar-refractivity contribution in [2.24, 2.45) is 0 Å². The van der Waals surface area contributed by atoms with E-state index in [0.29, 0.717) is 0 Å². The molecule has 1 aromatic carbocycles.